The van der Waals surface area contributed by atoms with Gasteiger partial charge < -0.3 is 10.2 Å². The van der Waals surface area contributed by atoms with E-state index in [1.165, 1.54) is 28.6 Å². The first-order valence-electron chi connectivity index (χ1n) is 7.79. The second-order valence-corrected chi connectivity index (χ2v) is 7.15. The summed E-state index contributed by atoms with van der Waals surface area (Å²) >= 11 is 3.67. The largest absolute Gasteiger partial charge is 0.365 e. The van der Waals surface area contributed by atoms with Gasteiger partial charge in [-0.15, -0.1) is 0 Å². The fourth-order valence-corrected chi connectivity index (χ4v) is 3.40. The van der Waals surface area contributed by atoms with E-state index in [0.717, 1.165) is 13.1 Å². The average Bonchev–Trinajstić information content (AvgIpc) is 2.42. The molecule has 0 aromatic heterocycles. The lowest BCUT2D eigenvalue weighted by atomic mass is 9.96. The number of anilines is 1. The molecule has 3 heteroatoms. The molecule has 1 fully saturated rings. The van der Waals surface area contributed by atoms with Crippen molar-refractivity contribution in [2.45, 2.75) is 52.6 Å². The maximum atomic E-state index is 3.72. The van der Waals surface area contributed by atoms with Crippen molar-refractivity contribution in [1.29, 1.82) is 0 Å². The van der Waals surface area contributed by atoms with Crippen molar-refractivity contribution in [3.05, 3.63) is 28.2 Å². The van der Waals surface area contributed by atoms with Crippen molar-refractivity contribution in [1.82, 2.24) is 5.32 Å². The third-order valence-corrected chi connectivity index (χ3v) is 5.18. The topological polar surface area (TPSA) is 15.3 Å². The summed E-state index contributed by atoms with van der Waals surface area (Å²) in [5, 5.41) is 3.72. The molecule has 0 aliphatic carbocycles. The molecule has 1 aliphatic heterocycles. The highest BCUT2D eigenvalue weighted by Crippen LogP contribution is 2.28. The minimum Gasteiger partial charge on any atom is -0.365 e. The quantitative estimate of drug-likeness (QED) is 0.877. The van der Waals surface area contributed by atoms with Gasteiger partial charge in [-0.3, -0.25) is 0 Å². The lowest BCUT2D eigenvalue weighted by Crippen LogP contribution is -2.58. The molecule has 1 aromatic rings. The lowest BCUT2D eigenvalue weighted by molar-refractivity contribution is 0.327. The fraction of sp³-hybridized carbons (Fsp3) is 0.647. The zero-order valence-corrected chi connectivity index (χ0v) is 14.7. The molecule has 1 aliphatic rings. The van der Waals surface area contributed by atoms with Gasteiger partial charge in [0.1, 0.15) is 0 Å². The van der Waals surface area contributed by atoms with Crippen molar-refractivity contribution in [2.24, 2.45) is 5.92 Å². The zero-order chi connectivity index (χ0) is 14.7. The molecule has 1 N–H and O–H groups in total. The molecule has 112 valence electrons. The minimum absolute atomic E-state index is 0.581. The van der Waals surface area contributed by atoms with Crippen molar-refractivity contribution < 1.29 is 0 Å². The van der Waals surface area contributed by atoms with E-state index in [-0.39, 0.29) is 0 Å². The number of nitrogens with one attached hydrogen (secondary N) is 1. The molecule has 0 radical (unpaired) electrons. The molecule has 0 spiro atoms. The first-order chi connectivity index (χ1) is 9.52. The van der Waals surface area contributed by atoms with Gasteiger partial charge in [0.25, 0.3) is 0 Å². The van der Waals surface area contributed by atoms with E-state index in [4.69, 9.17) is 0 Å². The van der Waals surface area contributed by atoms with E-state index in [0.29, 0.717) is 18.0 Å². The third-order valence-electron chi connectivity index (χ3n) is 4.33. The minimum atomic E-state index is 0.581. The van der Waals surface area contributed by atoms with Gasteiger partial charge in [0.05, 0.1) is 0 Å². The number of hydrogen-bond donors (Lipinski definition) is 1. The Kier molecular flexibility index (Phi) is 5.50. The number of aryl methyl sites for hydroxylation is 1. The molecular formula is C17H27BrN2. The van der Waals surface area contributed by atoms with Gasteiger partial charge in [-0.05, 0) is 37.0 Å². The number of halogens is 1. The van der Waals surface area contributed by atoms with E-state index in [9.17, 15) is 0 Å². The molecule has 0 saturated carbocycles. The van der Waals surface area contributed by atoms with Gasteiger partial charge in [-0.25, -0.2) is 0 Å². The van der Waals surface area contributed by atoms with Crippen LogP contribution in [0.5, 0.6) is 0 Å². The van der Waals surface area contributed by atoms with Crippen LogP contribution in [0.3, 0.4) is 0 Å². The molecule has 2 rings (SSSR count). The van der Waals surface area contributed by atoms with E-state index >= 15 is 0 Å². The standard InChI is InChI=1S/C17H27BrN2/c1-5-6-14-11-20(17(10-19-14)12(2)3)15-8-7-13(4)16(18)9-15/h7-9,12,14,17,19H,5-6,10-11H2,1-4H3. The summed E-state index contributed by atoms with van der Waals surface area (Å²) in [7, 11) is 0. The van der Waals surface area contributed by atoms with Crippen molar-refractivity contribution in [2.75, 3.05) is 18.0 Å². The van der Waals surface area contributed by atoms with Crippen LogP contribution in [0, 0.1) is 12.8 Å². The Balaban J connectivity index is 2.24. The van der Waals surface area contributed by atoms with Crippen LogP contribution in [0.1, 0.15) is 39.2 Å². The molecule has 0 bridgehead atoms. The predicted molar refractivity (Wildman–Crippen MR) is 91.5 cm³/mol. The summed E-state index contributed by atoms with van der Waals surface area (Å²) < 4.78 is 1.21. The van der Waals surface area contributed by atoms with Crippen LogP contribution in [-0.4, -0.2) is 25.2 Å². The maximum Gasteiger partial charge on any atom is 0.0438 e. The third kappa shape index (κ3) is 3.56. The monoisotopic (exact) mass is 338 g/mol. The Morgan fingerprint density at radius 2 is 2.15 bits per heavy atom. The molecule has 2 atom stereocenters. The van der Waals surface area contributed by atoms with Gasteiger partial charge in [0.15, 0.2) is 0 Å². The number of rotatable bonds is 4. The highest BCUT2D eigenvalue weighted by Gasteiger charge is 2.29. The lowest BCUT2D eigenvalue weighted by Gasteiger charge is -2.44. The van der Waals surface area contributed by atoms with Gasteiger partial charge in [-0.2, -0.15) is 0 Å². The van der Waals surface area contributed by atoms with Crippen LogP contribution in [0.2, 0.25) is 0 Å². The first-order valence-corrected chi connectivity index (χ1v) is 8.58. The number of piperazine rings is 1. The van der Waals surface area contributed by atoms with E-state index in [1.807, 2.05) is 0 Å². The molecule has 2 nitrogen and oxygen atoms in total. The number of benzene rings is 1. The Morgan fingerprint density at radius 1 is 1.40 bits per heavy atom. The number of hydrogen-bond acceptors (Lipinski definition) is 2. The molecule has 1 heterocycles. The Morgan fingerprint density at radius 3 is 2.75 bits per heavy atom. The van der Waals surface area contributed by atoms with Crippen LogP contribution in [0.15, 0.2) is 22.7 Å². The Labute approximate surface area is 132 Å². The summed E-state index contributed by atoms with van der Waals surface area (Å²) in [6.07, 6.45) is 2.50. The van der Waals surface area contributed by atoms with Crippen molar-refractivity contribution in [3.63, 3.8) is 0 Å². The second kappa shape index (κ2) is 6.95. The van der Waals surface area contributed by atoms with Crippen LogP contribution >= 0.6 is 15.9 Å². The highest BCUT2D eigenvalue weighted by atomic mass is 79.9. The van der Waals surface area contributed by atoms with Crippen LogP contribution < -0.4 is 10.2 Å². The van der Waals surface area contributed by atoms with Crippen LogP contribution in [0.25, 0.3) is 0 Å². The number of nitrogens with zero attached hydrogens (tertiary/aromatic N) is 1. The van der Waals surface area contributed by atoms with E-state index in [1.54, 1.807) is 0 Å². The summed E-state index contributed by atoms with van der Waals surface area (Å²) in [5.74, 6) is 0.658. The summed E-state index contributed by atoms with van der Waals surface area (Å²) in [5.41, 5.74) is 2.65. The molecule has 20 heavy (non-hydrogen) atoms. The van der Waals surface area contributed by atoms with E-state index < -0.39 is 0 Å². The van der Waals surface area contributed by atoms with E-state index in [2.05, 4.69) is 72.0 Å². The summed E-state index contributed by atoms with van der Waals surface area (Å²) in [4.78, 5) is 2.60. The average molecular weight is 339 g/mol. The second-order valence-electron chi connectivity index (χ2n) is 6.29. The smallest absolute Gasteiger partial charge is 0.0438 e. The highest BCUT2D eigenvalue weighted by molar-refractivity contribution is 9.10. The van der Waals surface area contributed by atoms with Gasteiger partial charge in [0, 0.05) is 35.3 Å². The molecule has 1 saturated heterocycles. The molecule has 0 amide bonds. The van der Waals surface area contributed by atoms with Crippen molar-refractivity contribution >= 4 is 21.6 Å². The molecule has 1 aromatic carbocycles. The van der Waals surface area contributed by atoms with Crippen LogP contribution in [-0.2, 0) is 0 Å². The maximum absolute atomic E-state index is 3.72. The molecule has 2 unspecified atom stereocenters. The van der Waals surface area contributed by atoms with Gasteiger partial charge in [-0.1, -0.05) is 49.2 Å². The summed E-state index contributed by atoms with van der Waals surface area (Å²) in [6.45, 7) is 11.3. The van der Waals surface area contributed by atoms with Crippen LogP contribution in [0.4, 0.5) is 5.69 Å². The zero-order valence-electron chi connectivity index (χ0n) is 13.1. The summed E-state index contributed by atoms with van der Waals surface area (Å²) in [6, 6.07) is 7.96. The predicted octanol–water partition coefficient (Wildman–Crippen LogP) is 4.36. The first kappa shape index (κ1) is 15.8. The fourth-order valence-electron chi connectivity index (χ4n) is 3.03. The normalized spacial score (nSPS) is 23.4. The molecular weight excluding hydrogens is 312 g/mol. The Bertz CT molecular complexity index is 445. The Hall–Kier alpha value is -0.540. The van der Waals surface area contributed by atoms with Crippen molar-refractivity contribution in [3.8, 4) is 0 Å². The SMILES string of the molecule is CCCC1CN(c2ccc(C)c(Br)c2)C(C(C)C)CN1. The van der Waals surface area contributed by atoms with Gasteiger partial charge >= 0.3 is 0 Å². The van der Waals surface area contributed by atoms with Gasteiger partial charge in [0.2, 0.25) is 0 Å².